The number of esters is 1. The fourth-order valence-electron chi connectivity index (χ4n) is 2.81. The molecule has 0 fully saturated rings. The number of rotatable bonds is 6. The average molecular weight is 460 g/mol. The minimum atomic E-state index is -4.73. The minimum absolute atomic E-state index is 0.291. The molecule has 0 aromatic heterocycles. The summed E-state index contributed by atoms with van der Waals surface area (Å²) in [7, 11) is 1.33. The molecular weight excluding hydrogens is 437 g/mol. The van der Waals surface area contributed by atoms with E-state index in [2.05, 4.69) is 37.2 Å². The van der Waals surface area contributed by atoms with Crippen molar-refractivity contribution < 1.29 is 33.2 Å². The molecule has 0 saturated heterocycles. The number of methoxy groups -OCH3 is 1. The first kappa shape index (κ1) is 24.4. The summed E-state index contributed by atoms with van der Waals surface area (Å²) in [4.78, 5) is 15.8. The molecule has 0 saturated carbocycles. The van der Waals surface area contributed by atoms with Crippen LogP contribution >= 0.6 is 11.6 Å². The molecule has 1 aliphatic heterocycles. The molecule has 1 heterocycles. The van der Waals surface area contributed by atoms with Gasteiger partial charge in [-0.1, -0.05) is 24.3 Å². The molecule has 0 bridgehead atoms. The zero-order valence-corrected chi connectivity index (χ0v) is 17.7. The second-order valence-corrected chi connectivity index (χ2v) is 6.37. The van der Waals surface area contributed by atoms with Crippen molar-refractivity contribution in [3.8, 4) is 5.75 Å². The topological polar surface area (TPSA) is 90.8 Å². The van der Waals surface area contributed by atoms with Crippen molar-refractivity contribution in [1.29, 1.82) is 0 Å². The zero-order valence-electron chi connectivity index (χ0n) is 16.9. The van der Waals surface area contributed by atoms with E-state index in [0.29, 0.717) is 12.1 Å². The van der Waals surface area contributed by atoms with Crippen molar-refractivity contribution >= 4 is 29.6 Å². The fraction of sp³-hybridized carbons (Fsp3) is 0.300. The SMILES string of the molecule is CCl.COC(=O)C([NH3+])Cc1ccc(C2N=CN(c3ccc(OC(F)(F)F)cc3)N2)cc1. The predicted molar refractivity (Wildman–Crippen MR) is 111 cm³/mol. The number of alkyl halides is 4. The molecule has 0 radical (unpaired) electrons. The predicted octanol–water partition coefficient (Wildman–Crippen LogP) is 2.82. The van der Waals surface area contributed by atoms with Gasteiger partial charge in [-0.05, 0) is 35.4 Å². The number of anilines is 1. The van der Waals surface area contributed by atoms with Crippen LogP contribution in [0, 0.1) is 0 Å². The van der Waals surface area contributed by atoms with Crippen LogP contribution in [0.3, 0.4) is 0 Å². The number of hydrogen-bond acceptors (Lipinski definition) is 6. The average Bonchev–Trinajstić information content (AvgIpc) is 3.24. The summed E-state index contributed by atoms with van der Waals surface area (Å²) >= 11 is 4.64. The minimum Gasteiger partial charge on any atom is -0.465 e. The largest absolute Gasteiger partial charge is 0.573 e. The number of ether oxygens (including phenoxy) is 2. The maximum Gasteiger partial charge on any atom is 0.573 e. The fourth-order valence-corrected chi connectivity index (χ4v) is 2.81. The number of quaternary nitrogens is 1. The van der Waals surface area contributed by atoms with Gasteiger partial charge in [-0.15, -0.1) is 24.8 Å². The van der Waals surface area contributed by atoms with Crippen LogP contribution in [-0.2, 0) is 16.0 Å². The van der Waals surface area contributed by atoms with Gasteiger partial charge in [0.1, 0.15) is 18.3 Å². The van der Waals surface area contributed by atoms with Crippen LogP contribution in [0.15, 0.2) is 53.5 Å². The quantitative estimate of drug-likeness (QED) is 0.512. The smallest absolute Gasteiger partial charge is 0.465 e. The standard InChI is InChI=1S/C19H19F3N4O3.CH3Cl/c1-28-18(27)16(23)10-12-2-4-13(5-3-12)17-24-11-26(25-17)14-6-8-15(9-7-14)29-19(20,21)22;1-2/h2-9,11,16-17,25H,10,23H2,1H3;1H3/p+1. The number of carbonyl (C=O) groups excluding carboxylic acids is 1. The first-order chi connectivity index (χ1) is 14.7. The van der Waals surface area contributed by atoms with E-state index in [1.807, 2.05) is 24.3 Å². The van der Waals surface area contributed by atoms with E-state index in [0.717, 1.165) is 11.1 Å². The summed E-state index contributed by atoms with van der Waals surface area (Å²) in [5.74, 6) is -0.654. The van der Waals surface area contributed by atoms with Gasteiger partial charge in [0.15, 0.2) is 6.04 Å². The number of hydrogen-bond donors (Lipinski definition) is 2. The van der Waals surface area contributed by atoms with Crippen LogP contribution in [-0.4, -0.2) is 38.2 Å². The van der Waals surface area contributed by atoms with Gasteiger partial charge in [-0.25, -0.2) is 9.79 Å². The van der Waals surface area contributed by atoms with E-state index in [1.165, 1.54) is 37.8 Å². The van der Waals surface area contributed by atoms with Crippen molar-refractivity contribution in [1.82, 2.24) is 5.43 Å². The first-order valence-electron chi connectivity index (χ1n) is 9.07. The number of aliphatic imine (C=N–C) groups is 1. The van der Waals surface area contributed by atoms with E-state index in [-0.39, 0.29) is 17.9 Å². The highest BCUT2D eigenvalue weighted by molar-refractivity contribution is 6.15. The van der Waals surface area contributed by atoms with Crippen molar-refractivity contribution in [3.63, 3.8) is 0 Å². The molecule has 1 aliphatic rings. The summed E-state index contributed by atoms with van der Waals surface area (Å²) < 4.78 is 45.3. The second-order valence-electron chi connectivity index (χ2n) is 6.37. The molecule has 31 heavy (non-hydrogen) atoms. The van der Waals surface area contributed by atoms with E-state index in [9.17, 15) is 18.0 Å². The molecular formula is C20H23ClF3N4O3+. The van der Waals surface area contributed by atoms with Gasteiger partial charge in [0.25, 0.3) is 0 Å². The lowest BCUT2D eigenvalue weighted by Gasteiger charge is -2.18. The lowest BCUT2D eigenvalue weighted by molar-refractivity contribution is -0.407. The summed E-state index contributed by atoms with van der Waals surface area (Å²) in [6.45, 7) is 0. The molecule has 168 valence electrons. The van der Waals surface area contributed by atoms with Crippen LogP contribution in [0.4, 0.5) is 18.9 Å². The van der Waals surface area contributed by atoms with Gasteiger partial charge >= 0.3 is 12.3 Å². The third kappa shape index (κ3) is 7.12. The third-order valence-corrected chi connectivity index (χ3v) is 4.25. The molecule has 3 rings (SSSR count). The number of nitrogens with one attached hydrogen (secondary N) is 1. The molecule has 0 spiro atoms. The van der Waals surface area contributed by atoms with E-state index < -0.39 is 12.4 Å². The highest BCUT2D eigenvalue weighted by atomic mass is 35.5. The summed E-state index contributed by atoms with van der Waals surface area (Å²) in [6, 6.07) is 12.5. The molecule has 11 heteroatoms. The van der Waals surface area contributed by atoms with Crippen molar-refractivity contribution in [3.05, 3.63) is 59.7 Å². The van der Waals surface area contributed by atoms with Gasteiger partial charge in [-0.3, -0.25) is 5.01 Å². The number of carbonyl (C=O) groups is 1. The van der Waals surface area contributed by atoms with Crippen molar-refractivity contribution in [2.24, 2.45) is 4.99 Å². The molecule has 2 aromatic carbocycles. The van der Waals surface area contributed by atoms with Gasteiger partial charge in [0.05, 0.1) is 12.8 Å². The Bertz CT molecular complexity index is 877. The normalized spacial score (nSPS) is 16.4. The van der Waals surface area contributed by atoms with Gasteiger partial charge in [0.2, 0.25) is 0 Å². The summed E-state index contributed by atoms with van der Waals surface area (Å²) in [5, 5.41) is 1.61. The first-order valence-corrected chi connectivity index (χ1v) is 9.83. The van der Waals surface area contributed by atoms with Gasteiger partial charge in [0, 0.05) is 12.8 Å². The van der Waals surface area contributed by atoms with Crippen molar-refractivity contribution in [2.45, 2.75) is 25.0 Å². The monoisotopic (exact) mass is 459 g/mol. The molecule has 0 aliphatic carbocycles. The van der Waals surface area contributed by atoms with Crippen LogP contribution in [0.5, 0.6) is 5.75 Å². The number of hydrazine groups is 1. The zero-order chi connectivity index (χ0) is 23.0. The molecule has 2 unspecified atom stereocenters. The Morgan fingerprint density at radius 3 is 2.35 bits per heavy atom. The Labute approximate surface area is 182 Å². The van der Waals surface area contributed by atoms with E-state index in [4.69, 9.17) is 0 Å². The van der Waals surface area contributed by atoms with Crippen LogP contribution in [0.1, 0.15) is 17.3 Å². The highest BCUT2D eigenvalue weighted by Gasteiger charge is 2.31. The Morgan fingerprint density at radius 2 is 1.81 bits per heavy atom. The van der Waals surface area contributed by atoms with Crippen molar-refractivity contribution in [2.75, 3.05) is 18.5 Å². The van der Waals surface area contributed by atoms with Gasteiger partial charge in [-0.2, -0.15) is 5.43 Å². The van der Waals surface area contributed by atoms with E-state index in [1.54, 1.807) is 11.3 Å². The molecule has 4 N–H and O–H groups in total. The van der Waals surface area contributed by atoms with Crippen LogP contribution in [0.25, 0.3) is 0 Å². The highest BCUT2D eigenvalue weighted by Crippen LogP contribution is 2.27. The third-order valence-electron chi connectivity index (χ3n) is 4.25. The number of nitrogens with zero attached hydrogens (tertiary/aromatic N) is 2. The summed E-state index contributed by atoms with van der Waals surface area (Å²) in [6.07, 6.45) is -1.57. The molecule has 2 atom stereocenters. The van der Waals surface area contributed by atoms with Crippen LogP contribution < -0.4 is 20.9 Å². The maximum absolute atomic E-state index is 12.2. The Balaban J connectivity index is 0.00000166. The van der Waals surface area contributed by atoms with Crippen LogP contribution in [0.2, 0.25) is 0 Å². The number of halogens is 4. The molecule has 0 amide bonds. The Kier molecular flexibility index (Phi) is 8.66. The number of benzene rings is 2. The Hall–Kier alpha value is -2.82. The summed E-state index contributed by atoms with van der Waals surface area (Å²) in [5.41, 5.74) is 9.37. The van der Waals surface area contributed by atoms with E-state index >= 15 is 0 Å². The lowest BCUT2D eigenvalue weighted by Crippen LogP contribution is -2.66. The van der Waals surface area contributed by atoms with Gasteiger partial charge < -0.3 is 15.2 Å². The lowest BCUT2D eigenvalue weighted by atomic mass is 10.0. The molecule has 2 aromatic rings. The maximum atomic E-state index is 12.2. The second kappa shape index (κ2) is 11.0. The molecule has 7 nitrogen and oxygen atoms in total. The Morgan fingerprint density at radius 1 is 1.19 bits per heavy atom.